The molecule has 0 radical (unpaired) electrons. The van der Waals surface area contributed by atoms with Crippen LogP contribution in [0.1, 0.15) is 28.4 Å². The van der Waals surface area contributed by atoms with E-state index in [9.17, 15) is 9.59 Å². The van der Waals surface area contributed by atoms with Crippen molar-refractivity contribution in [1.29, 1.82) is 0 Å². The average Bonchev–Trinajstić information content (AvgIpc) is 2.66. The van der Waals surface area contributed by atoms with E-state index in [2.05, 4.69) is 10.1 Å². The number of benzene rings is 2. The van der Waals surface area contributed by atoms with Gasteiger partial charge < -0.3 is 19.5 Å². The summed E-state index contributed by atoms with van der Waals surface area (Å²) in [6.07, 6.45) is -0.724. The number of rotatable bonds is 7. The lowest BCUT2D eigenvalue weighted by molar-refractivity contribution is -0.127. The molecule has 0 saturated heterocycles. The molecule has 0 unspecified atom stereocenters. The molecule has 1 amide bonds. The lowest BCUT2D eigenvalue weighted by Gasteiger charge is -2.17. The first-order chi connectivity index (χ1) is 12.4. The predicted molar refractivity (Wildman–Crippen MR) is 97.4 cm³/mol. The zero-order chi connectivity index (χ0) is 19.1. The molecule has 1 atom stereocenters. The van der Waals surface area contributed by atoms with Gasteiger partial charge in [0.15, 0.2) is 17.6 Å². The van der Waals surface area contributed by atoms with Crippen molar-refractivity contribution in [3.8, 4) is 11.5 Å². The van der Waals surface area contributed by atoms with Gasteiger partial charge in [0.05, 0.1) is 19.8 Å². The van der Waals surface area contributed by atoms with Gasteiger partial charge >= 0.3 is 5.97 Å². The van der Waals surface area contributed by atoms with Crippen molar-refractivity contribution in [3.05, 3.63) is 59.2 Å². The first kappa shape index (κ1) is 19.3. The molecule has 1 N–H and O–H groups in total. The van der Waals surface area contributed by atoms with E-state index < -0.39 is 12.1 Å². The standard InChI is InChI=1S/C20H23NO5/c1-13-5-7-15(8-6-13)12-21-19(22)14(2)26-17-10-9-16(20(23)25-4)11-18(17)24-3/h5-11,14H,12H2,1-4H3,(H,21,22)/t14-/m0/s1. The molecule has 0 aliphatic heterocycles. The summed E-state index contributed by atoms with van der Waals surface area (Å²) in [6.45, 7) is 4.08. The van der Waals surface area contributed by atoms with Gasteiger partial charge in [-0.15, -0.1) is 0 Å². The summed E-state index contributed by atoms with van der Waals surface area (Å²) < 4.78 is 15.6. The lowest BCUT2D eigenvalue weighted by atomic mass is 10.1. The summed E-state index contributed by atoms with van der Waals surface area (Å²) in [6, 6.07) is 12.6. The van der Waals surface area contributed by atoms with Crippen molar-refractivity contribution in [2.45, 2.75) is 26.5 Å². The zero-order valence-electron chi connectivity index (χ0n) is 15.4. The van der Waals surface area contributed by atoms with E-state index in [0.29, 0.717) is 23.6 Å². The normalized spacial score (nSPS) is 11.4. The molecular formula is C20H23NO5. The van der Waals surface area contributed by atoms with Crippen LogP contribution < -0.4 is 14.8 Å². The second-order valence-corrected chi connectivity index (χ2v) is 5.82. The summed E-state index contributed by atoms with van der Waals surface area (Å²) in [5.41, 5.74) is 2.52. The second-order valence-electron chi connectivity index (χ2n) is 5.82. The van der Waals surface area contributed by atoms with Crippen LogP contribution in [0.3, 0.4) is 0 Å². The first-order valence-corrected chi connectivity index (χ1v) is 8.21. The smallest absolute Gasteiger partial charge is 0.337 e. The quantitative estimate of drug-likeness (QED) is 0.772. The summed E-state index contributed by atoms with van der Waals surface area (Å²) in [4.78, 5) is 23.8. The molecule has 0 aromatic heterocycles. The van der Waals surface area contributed by atoms with Gasteiger partial charge in [0.25, 0.3) is 5.91 Å². The third kappa shape index (κ3) is 4.99. The van der Waals surface area contributed by atoms with Gasteiger partial charge in [-0.1, -0.05) is 29.8 Å². The highest BCUT2D eigenvalue weighted by Crippen LogP contribution is 2.29. The fourth-order valence-electron chi connectivity index (χ4n) is 2.29. The number of carbonyl (C=O) groups excluding carboxylic acids is 2. The Morgan fingerprint density at radius 3 is 2.35 bits per heavy atom. The van der Waals surface area contributed by atoms with Crippen molar-refractivity contribution in [3.63, 3.8) is 0 Å². The highest BCUT2D eigenvalue weighted by atomic mass is 16.5. The van der Waals surface area contributed by atoms with Crippen molar-refractivity contribution in [2.24, 2.45) is 0 Å². The SMILES string of the molecule is COC(=O)c1ccc(O[C@@H](C)C(=O)NCc2ccc(C)cc2)c(OC)c1. The Balaban J connectivity index is 1.99. The maximum Gasteiger partial charge on any atom is 0.337 e. The maximum absolute atomic E-state index is 12.3. The Labute approximate surface area is 153 Å². The zero-order valence-corrected chi connectivity index (χ0v) is 15.4. The number of esters is 1. The Morgan fingerprint density at radius 1 is 1.04 bits per heavy atom. The molecule has 138 valence electrons. The average molecular weight is 357 g/mol. The van der Waals surface area contributed by atoms with Crippen molar-refractivity contribution in [2.75, 3.05) is 14.2 Å². The molecular weight excluding hydrogens is 334 g/mol. The van der Waals surface area contributed by atoms with E-state index in [1.807, 2.05) is 31.2 Å². The van der Waals surface area contributed by atoms with Gasteiger partial charge in [-0.2, -0.15) is 0 Å². The van der Waals surface area contributed by atoms with Gasteiger partial charge in [-0.3, -0.25) is 4.79 Å². The van der Waals surface area contributed by atoms with Crippen molar-refractivity contribution >= 4 is 11.9 Å². The van der Waals surface area contributed by atoms with Crippen LogP contribution in [-0.4, -0.2) is 32.2 Å². The number of carbonyl (C=O) groups is 2. The van der Waals surface area contributed by atoms with E-state index in [1.165, 1.54) is 25.8 Å². The van der Waals surface area contributed by atoms with Crippen LogP contribution in [0.5, 0.6) is 11.5 Å². The van der Waals surface area contributed by atoms with Gasteiger partial charge in [-0.05, 0) is 37.6 Å². The van der Waals surface area contributed by atoms with Crippen LogP contribution >= 0.6 is 0 Å². The molecule has 6 nitrogen and oxygen atoms in total. The van der Waals surface area contributed by atoms with Crippen LogP contribution in [0.25, 0.3) is 0 Å². The molecule has 0 saturated carbocycles. The molecule has 0 aliphatic rings. The highest BCUT2D eigenvalue weighted by molar-refractivity contribution is 5.90. The molecule has 2 rings (SSSR count). The summed E-state index contributed by atoms with van der Waals surface area (Å²) >= 11 is 0. The Kier molecular flexibility index (Phi) is 6.60. The molecule has 26 heavy (non-hydrogen) atoms. The van der Waals surface area contributed by atoms with E-state index in [1.54, 1.807) is 19.1 Å². The molecule has 0 aliphatic carbocycles. The topological polar surface area (TPSA) is 73.9 Å². The van der Waals surface area contributed by atoms with E-state index in [4.69, 9.17) is 9.47 Å². The monoisotopic (exact) mass is 357 g/mol. The molecule has 0 bridgehead atoms. The van der Waals surface area contributed by atoms with E-state index in [-0.39, 0.29) is 5.91 Å². The Morgan fingerprint density at radius 2 is 1.73 bits per heavy atom. The molecule has 2 aromatic rings. The van der Waals surface area contributed by atoms with Crippen molar-refractivity contribution < 1.29 is 23.8 Å². The van der Waals surface area contributed by atoms with Crippen LogP contribution in [0.2, 0.25) is 0 Å². The molecule has 2 aromatic carbocycles. The van der Waals surface area contributed by atoms with Gasteiger partial charge in [0.1, 0.15) is 0 Å². The Hall–Kier alpha value is -3.02. The minimum Gasteiger partial charge on any atom is -0.493 e. The minimum absolute atomic E-state index is 0.246. The number of hydrogen-bond donors (Lipinski definition) is 1. The number of methoxy groups -OCH3 is 2. The number of hydrogen-bond acceptors (Lipinski definition) is 5. The fourth-order valence-corrected chi connectivity index (χ4v) is 2.29. The summed E-state index contributed by atoms with van der Waals surface area (Å²) in [5.74, 6) is 0.00707. The third-order valence-electron chi connectivity index (χ3n) is 3.85. The highest BCUT2D eigenvalue weighted by Gasteiger charge is 2.18. The number of amides is 1. The fraction of sp³-hybridized carbons (Fsp3) is 0.300. The first-order valence-electron chi connectivity index (χ1n) is 8.21. The van der Waals surface area contributed by atoms with Gasteiger partial charge in [0.2, 0.25) is 0 Å². The van der Waals surface area contributed by atoms with Gasteiger partial charge in [0, 0.05) is 6.54 Å². The lowest BCUT2D eigenvalue weighted by Crippen LogP contribution is -2.36. The number of nitrogens with one attached hydrogen (secondary N) is 1. The largest absolute Gasteiger partial charge is 0.493 e. The number of ether oxygens (including phenoxy) is 3. The van der Waals surface area contributed by atoms with Crippen LogP contribution in [0, 0.1) is 6.92 Å². The van der Waals surface area contributed by atoms with Crippen LogP contribution in [-0.2, 0) is 16.1 Å². The minimum atomic E-state index is -0.724. The third-order valence-corrected chi connectivity index (χ3v) is 3.85. The van der Waals surface area contributed by atoms with Gasteiger partial charge in [-0.25, -0.2) is 4.79 Å². The molecule has 0 heterocycles. The maximum atomic E-state index is 12.3. The molecule has 0 fully saturated rings. The van der Waals surface area contributed by atoms with E-state index in [0.717, 1.165) is 5.56 Å². The summed E-state index contributed by atoms with van der Waals surface area (Å²) in [5, 5.41) is 2.84. The van der Waals surface area contributed by atoms with Crippen LogP contribution in [0.15, 0.2) is 42.5 Å². The molecule has 0 spiro atoms. The number of aryl methyl sites for hydroxylation is 1. The molecule has 6 heteroatoms. The predicted octanol–water partition coefficient (Wildman–Crippen LogP) is 2.87. The Bertz CT molecular complexity index is 770. The van der Waals surface area contributed by atoms with Crippen LogP contribution in [0.4, 0.5) is 0 Å². The summed E-state index contributed by atoms with van der Waals surface area (Å²) in [7, 11) is 2.77. The van der Waals surface area contributed by atoms with Crippen molar-refractivity contribution in [1.82, 2.24) is 5.32 Å². The van der Waals surface area contributed by atoms with E-state index >= 15 is 0 Å². The second kappa shape index (κ2) is 8.89.